The van der Waals surface area contributed by atoms with E-state index >= 15 is 4.39 Å². The van der Waals surface area contributed by atoms with E-state index in [1.807, 2.05) is 63.4 Å². The normalized spacial score (nSPS) is 16.0. The fourth-order valence-electron chi connectivity index (χ4n) is 10.5. The fraction of sp³-hybridized carbons (Fsp3) is 0.386. The topological polar surface area (TPSA) is 225 Å². The molecule has 3 heterocycles. The number of hydrogen-bond donors (Lipinski definition) is 4. The Morgan fingerprint density at radius 3 is 2.02 bits per heavy atom. The molecule has 0 amide bonds. The molecule has 8 rings (SSSR count). The van der Waals surface area contributed by atoms with Crippen LogP contribution in [0.25, 0.3) is 22.4 Å². The predicted octanol–water partition coefficient (Wildman–Crippen LogP) is 11.1. The molecule has 1 unspecified atom stereocenters. The molecule has 4 N–H and O–H groups in total. The molecule has 6 aromatic rings. The van der Waals surface area contributed by atoms with Crippen molar-refractivity contribution >= 4 is 89.4 Å². The summed E-state index contributed by atoms with van der Waals surface area (Å²) in [5.41, 5.74) is -3.35. The Labute approximate surface area is 496 Å². The Morgan fingerprint density at radius 1 is 0.821 bits per heavy atom. The Morgan fingerprint density at radius 2 is 1.44 bits per heavy atom. The first-order chi connectivity index (χ1) is 39.3. The molecular weight excluding hydrogens is 1220 g/mol. The van der Waals surface area contributed by atoms with E-state index in [0.717, 1.165) is 23.3 Å². The van der Waals surface area contributed by atoms with Crippen LogP contribution in [0.4, 0.5) is 40.3 Å². The summed E-state index contributed by atoms with van der Waals surface area (Å²) in [6, 6.07) is 28.6. The summed E-state index contributed by atoms with van der Waals surface area (Å²) in [4.78, 5) is 36.1. The number of alkyl halides is 3. The highest BCUT2D eigenvalue weighted by molar-refractivity contribution is 7.99. The third kappa shape index (κ3) is 15.3. The van der Waals surface area contributed by atoms with Crippen molar-refractivity contribution in [2.75, 3.05) is 90.4 Å². The summed E-state index contributed by atoms with van der Waals surface area (Å²) >= 11 is 7.62. The van der Waals surface area contributed by atoms with E-state index in [4.69, 9.17) is 26.1 Å². The van der Waals surface area contributed by atoms with Crippen LogP contribution in [0.5, 0.6) is 0 Å². The second-order valence-electron chi connectivity index (χ2n) is 21.5. The first kappa shape index (κ1) is 64.4. The lowest BCUT2D eigenvalue weighted by Gasteiger charge is -2.38. The predicted molar refractivity (Wildman–Crippen MR) is 321 cm³/mol. The van der Waals surface area contributed by atoms with Gasteiger partial charge in [-0.3, -0.25) is 14.1 Å². The number of halogens is 5. The molecular formula is C57H66ClF4N6O11PS4. The fourth-order valence-corrected chi connectivity index (χ4v) is 15.3. The van der Waals surface area contributed by atoms with Gasteiger partial charge in [-0.05, 0) is 156 Å². The number of likely N-dealkylation sites (tertiary alicyclic amines) is 1. The molecule has 84 heavy (non-hydrogen) atoms. The lowest BCUT2D eigenvalue weighted by Crippen LogP contribution is -2.46. The summed E-state index contributed by atoms with van der Waals surface area (Å²) in [6.45, 7) is 9.81. The van der Waals surface area contributed by atoms with Gasteiger partial charge in [-0.15, -0.1) is 11.8 Å². The Bertz CT molecular complexity index is 3750. The highest BCUT2D eigenvalue weighted by atomic mass is 35.5. The molecule has 5 aromatic carbocycles. The quantitative estimate of drug-likeness (QED) is 0.0215. The first-order valence-electron chi connectivity index (χ1n) is 26.8. The van der Waals surface area contributed by atoms with Gasteiger partial charge >= 0.3 is 19.1 Å². The van der Waals surface area contributed by atoms with Crippen molar-refractivity contribution < 1.29 is 66.7 Å². The van der Waals surface area contributed by atoms with E-state index in [1.165, 1.54) is 36.0 Å². The van der Waals surface area contributed by atoms with E-state index in [-0.39, 0.29) is 28.8 Å². The zero-order valence-electron chi connectivity index (χ0n) is 46.6. The largest absolute Gasteiger partial charge is 0.501 e. The van der Waals surface area contributed by atoms with Gasteiger partial charge in [0.05, 0.1) is 32.7 Å². The van der Waals surface area contributed by atoms with Crippen LogP contribution in [0, 0.1) is 18.2 Å². The molecule has 0 radical (unpaired) electrons. The zero-order chi connectivity index (χ0) is 61.2. The number of piperazine rings is 1. The highest BCUT2D eigenvalue weighted by Gasteiger charge is 2.49. The number of carbonyl (C=O) groups excluding carboxylic acids is 1. The smallest absolute Gasteiger partial charge is 0.465 e. The van der Waals surface area contributed by atoms with E-state index in [1.54, 1.807) is 56.3 Å². The van der Waals surface area contributed by atoms with E-state index in [0.29, 0.717) is 109 Å². The van der Waals surface area contributed by atoms with Gasteiger partial charge in [-0.25, -0.2) is 29.6 Å². The number of aromatic nitrogens is 1. The minimum absolute atomic E-state index is 0.0351. The van der Waals surface area contributed by atoms with Gasteiger partial charge in [0.15, 0.2) is 9.84 Å². The standard InChI is InChI=1S/C57H66ClF4N6O11PS4/c1-38(2)68-39(3)54(82(5,73)74)52(53(68)40-11-13-42(58)14-12-40)41-33-43(59)35-47(34-41)67-29-27-66(28-30-67)46-17-15-44(16-18-46)64-84(77,78)49-19-20-50(51(36-49)83(75,76)57(60,61)62)63-45(37-81-48-9-7-6-8-10-48)21-24-65-25-22-56(4,23-26-65)55(69)79-31-32-80(70,71)72/h6-20,33-36,38,45,63-64H,21-32,37H2,1-5H3,(H2,70,71,72). The minimum atomic E-state index is -6.14. The molecule has 2 aliphatic heterocycles. The summed E-state index contributed by atoms with van der Waals surface area (Å²) < 4.78 is 161. The average molecular weight is 1280 g/mol. The van der Waals surface area contributed by atoms with Crippen molar-refractivity contribution in [1.82, 2.24) is 9.47 Å². The van der Waals surface area contributed by atoms with Crippen LogP contribution in [0.1, 0.15) is 51.8 Å². The SMILES string of the molecule is Cc1c(S(C)(=O)=O)c(-c2cc(F)cc(N3CCN(c4ccc(NS(=O)(=O)c5ccc(NC(CCN6CCC(C)(C(=O)OCCP(=O)(O)O)CC6)CSc6ccccc6)c(S(=O)(=O)C(F)(F)F)c5)cc4)CC3)c2)c(-c2ccc(Cl)cc2)n1C(C)C. The molecule has 0 spiro atoms. The molecule has 1 atom stereocenters. The first-order valence-corrected chi connectivity index (χ1v) is 34.8. The average Bonchev–Trinajstić information content (AvgIpc) is 2.34. The maximum absolute atomic E-state index is 15.8. The number of esters is 1. The molecule has 0 bridgehead atoms. The maximum atomic E-state index is 15.8. The second-order valence-corrected chi connectivity index (χ2v) is 30.3. The molecule has 17 nitrogen and oxygen atoms in total. The second kappa shape index (κ2) is 25.8. The number of rotatable bonds is 22. The van der Waals surface area contributed by atoms with Gasteiger partial charge in [-0.2, -0.15) is 13.2 Å². The van der Waals surface area contributed by atoms with E-state index in [2.05, 4.69) is 10.0 Å². The number of thioether (sulfide) groups is 1. The van der Waals surface area contributed by atoms with Crippen molar-refractivity contribution in [2.45, 2.75) is 84.1 Å². The van der Waals surface area contributed by atoms with Gasteiger partial charge in [-0.1, -0.05) is 41.9 Å². The van der Waals surface area contributed by atoms with Crippen LogP contribution < -0.4 is 19.8 Å². The Balaban J connectivity index is 0.963. The number of sulfone groups is 2. The molecule has 2 saturated heterocycles. The number of piperidine rings is 1. The van der Waals surface area contributed by atoms with Crippen LogP contribution in [0.2, 0.25) is 5.02 Å². The maximum Gasteiger partial charge on any atom is 0.501 e. The van der Waals surface area contributed by atoms with Gasteiger partial charge in [0.25, 0.3) is 19.9 Å². The van der Waals surface area contributed by atoms with Crippen molar-refractivity contribution in [3.05, 3.63) is 132 Å². The summed E-state index contributed by atoms with van der Waals surface area (Å²) in [5.74, 6) is -0.892. The Kier molecular flexibility index (Phi) is 19.7. The highest BCUT2D eigenvalue weighted by Crippen LogP contribution is 2.45. The number of hydrogen-bond acceptors (Lipinski definition) is 14. The minimum Gasteiger partial charge on any atom is -0.465 e. The monoisotopic (exact) mass is 1280 g/mol. The van der Waals surface area contributed by atoms with Crippen LogP contribution in [0.3, 0.4) is 0 Å². The van der Waals surface area contributed by atoms with Crippen molar-refractivity contribution in [3.63, 3.8) is 0 Å². The van der Waals surface area contributed by atoms with Crippen LogP contribution in [-0.2, 0) is 43.8 Å². The van der Waals surface area contributed by atoms with Crippen molar-refractivity contribution in [3.8, 4) is 22.4 Å². The number of benzene rings is 5. The number of nitrogens with zero attached hydrogens (tertiary/aromatic N) is 4. The van der Waals surface area contributed by atoms with Gasteiger partial charge in [0, 0.05) is 95.1 Å². The van der Waals surface area contributed by atoms with E-state index in [9.17, 15) is 47.8 Å². The molecule has 1 aromatic heterocycles. The van der Waals surface area contributed by atoms with Gasteiger partial charge < -0.3 is 39.1 Å². The number of nitrogens with one attached hydrogen (secondary N) is 2. The summed E-state index contributed by atoms with van der Waals surface area (Å²) in [7, 11) is -19.0. The van der Waals surface area contributed by atoms with Gasteiger partial charge in [0.1, 0.15) is 17.3 Å². The van der Waals surface area contributed by atoms with Crippen LogP contribution in [0.15, 0.2) is 135 Å². The molecule has 0 saturated carbocycles. The lowest BCUT2D eigenvalue weighted by molar-refractivity contribution is -0.157. The number of anilines is 4. The summed E-state index contributed by atoms with van der Waals surface area (Å²) in [5, 5.41) is 3.48. The third-order valence-electron chi connectivity index (χ3n) is 15.0. The Hall–Kier alpha value is -5.63. The van der Waals surface area contributed by atoms with Crippen LogP contribution >= 0.6 is 31.0 Å². The molecule has 2 aliphatic rings. The molecule has 0 aliphatic carbocycles. The zero-order valence-corrected chi connectivity index (χ0v) is 51.6. The third-order valence-corrected chi connectivity index (χ3v) is 21.3. The number of ether oxygens (including phenoxy) is 1. The van der Waals surface area contributed by atoms with Crippen LogP contribution in [-0.4, -0.2) is 133 Å². The lowest BCUT2D eigenvalue weighted by atomic mass is 9.80. The van der Waals surface area contributed by atoms with Gasteiger partial charge in [0.2, 0.25) is 0 Å². The molecule has 454 valence electrons. The van der Waals surface area contributed by atoms with Crippen molar-refractivity contribution in [2.24, 2.45) is 5.41 Å². The summed E-state index contributed by atoms with van der Waals surface area (Å²) in [6.07, 6.45) is 1.52. The number of sulfonamides is 1. The number of carbonyl (C=O) groups is 1. The van der Waals surface area contributed by atoms with E-state index < -0.39 is 94.3 Å². The van der Waals surface area contributed by atoms with Crippen molar-refractivity contribution in [1.29, 1.82) is 0 Å². The molecule has 27 heteroatoms. The molecule has 2 fully saturated rings.